The van der Waals surface area contributed by atoms with Gasteiger partial charge in [0, 0.05) is 39.0 Å². The number of carbonyl (C=O) groups excluding carboxylic acids is 2. The highest BCUT2D eigenvalue weighted by atomic mass is 16.2. The maximum Gasteiger partial charge on any atom is 0.222 e. The van der Waals surface area contributed by atoms with Gasteiger partial charge in [-0.15, -0.1) is 0 Å². The Morgan fingerprint density at radius 3 is 2.48 bits per heavy atom. The summed E-state index contributed by atoms with van der Waals surface area (Å²) in [5.41, 5.74) is 6.93. The molecule has 2 amide bonds. The Kier molecular flexibility index (Phi) is 6.53. The summed E-state index contributed by atoms with van der Waals surface area (Å²) in [5.74, 6) is 0.431. The molecule has 5 nitrogen and oxygen atoms in total. The lowest BCUT2D eigenvalue weighted by Crippen LogP contribution is -2.52. The summed E-state index contributed by atoms with van der Waals surface area (Å²) in [5, 5.41) is 0. The van der Waals surface area contributed by atoms with Crippen LogP contribution in [-0.4, -0.2) is 54.3 Å². The zero-order chi connectivity index (χ0) is 19.3. The van der Waals surface area contributed by atoms with Crippen LogP contribution in [0.3, 0.4) is 0 Å². The van der Waals surface area contributed by atoms with Crippen molar-refractivity contribution in [3.8, 4) is 0 Å². The van der Waals surface area contributed by atoms with Crippen molar-refractivity contribution in [2.24, 2.45) is 11.1 Å². The van der Waals surface area contributed by atoms with Gasteiger partial charge in [-0.05, 0) is 49.1 Å². The molecule has 1 spiro atoms. The molecular formula is C22H33N3O2. The predicted octanol–water partition coefficient (Wildman–Crippen LogP) is 2.76. The number of hydrogen-bond acceptors (Lipinski definition) is 3. The lowest BCUT2D eigenvalue weighted by Gasteiger charge is -2.50. The van der Waals surface area contributed by atoms with Gasteiger partial charge in [-0.25, -0.2) is 0 Å². The van der Waals surface area contributed by atoms with Gasteiger partial charge in [0.15, 0.2) is 0 Å². The average Bonchev–Trinajstić information content (AvgIpc) is 2.68. The number of likely N-dealkylation sites (N-methyl/N-ethyl adjacent to an activating group) is 1. The Balaban J connectivity index is 1.59. The van der Waals surface area contributed by atoms with Crippen LogP contribution in [0.25, 0.3) is 0 Å². The van der Waals surface area contributed by atoms with E-state index in [0.29, 0.717) is 30.6 Å². The Morgan fingerprint density at radius 2 is 1.85 bits per heavy atom. The van der Waals surface area contributed by atoms with Crippen LogP contribution in [0.15, 0.2) is 30.3 Å². The largest absolute Gasteiger partial charge is 0.370 e. The van der Waals surface area contributed by atoms with E-state index in [1.165, 1.54) is 12.0 Å². The van der Waals surface area contributed by atoms with Gasteiger partial charge in [0.05, 0.1) is 0 Å². The molecule has 148 valence electrons. The van der Waals surface area contributed by atoms with Crippen LogP contribution in [0.4, 0.5) is 0 Å². The van der Waals surface area contributed by atoms with E-state index in [0.717, 1.165) is 45.6 Å². The smallest absolute Gasteiger partial charge is 0.222 e. The zero-order valence-corrected chi connectivity index (χ0v) is 16.5. The van der Waals surface area contributed by atoms with Gasteiger partial charge >= 0.3 is 0 Å². The fourth-order valence-electron chi connectivity index (χ4n) is 4.86. The highest BCUT2D eigenvalue weighted by molar-refractivity contribution is 5.78. The number of carbonyl (C=O) groups is 2. The zero-order valence-electron chi connectivity index (χ0n) is 16.5. The Labute approximate surface area is 162 Å². The first-order chi connectivity index (χ1) is 13.0. The maximum atomic E-state index is 12.4. The van der Waals surface area contributed by atoms with E-state index in [9.17, 15) is 9.59 Å². The summed E-state index contributed by atoms with van der Waals surface area (Å²) < 4.78 is 0. The predicted molar refractivity (Wildman–Crippen MR) is 107 cm³/mol. The van der Waals surface area contributed by atoms with Crippen LogP contribution in [0.5, 0.6) is 0 Å². The third-order valence-corrected chi connectivity index (χ3v) is 6.43. The molecular weight excluding hydrogens is 338 g/mol. The van der Waals surface area contributed by atoms with Crippen molar-refractivity contribution in [3.05, 3.63) is 35.9 Å². The Hall–Kier alpha value is -1.88. The molecule has 27 heavy (non-hydrogen) atoms. The van der Waals surface area contributed by atoms with Crippen molar-refractivity contribution in [2.45, 2.75) is 51.4 Å². The van der Waals surface area contributed by atoms with Crippen LogP contribution in [0, 0.1) is 5.41 Å². The molecule has 1 unspecified atom stereocenters. The third kappa shape index (κ3) is 5.10. The quantitative estimate of drug-likeness (QED) is 0.836. The molecule has 0 aliphatic carbocycles. The highest BCUT2D eigenvalue weighted by Gasteiger charge is 2.42. The minimum absolute atomic E-state index is 0.175. The van der Waals surface area contributed by atoms with E-state index < -0.39 is 0 Å². The van der Waals surface area contributed by atoms with E-state index in [1.54, 1.807) is 0 Å². The molecule has 1 atom stereocenters. The van der Waals surface area contributed by atoms with Gasteiger partial charge in [0.25, 0.3) is 0 Å². The first kappa shape index (κ1) is 19.9. The lowest BCUT2D eigenvalue weighted by molar-refractivity contribution is -0.134. The SMILES string of the molecule is CCN1CC(c2ccccc2)CC2(CCN(C(=O)CCCC(N)=O)CC2)C1. The van der Waals surface area contributed by atoms with Crippen LogP contribution in [0.1, 0.15) is 56.9 Å². The van der Waals surface area contributed by atoms with Gasteiger partial charge in [0.2, 0.25) is 11.8 Å². The average molecular weight is 372 g/mol. The number of piperidine rings is 2. The van der Waals surface area contributed by atoms with Crippen LogP contribution < -0.4 is 5.73 Å². The molecule has 2 N–H and O–H groups in total. The van der Waals surface area contributed by atoms with Crippen molar-refractivity contribution in [1.82, 2.24) is 9.80 Å². The summed E-state index contributed by atoms with van der Waals surface area (Å²) in [7, 11) is 0. The third-order valence-electron chi connectivity index (χ3n) is 6.43. The number of benzene rings is 1. The van der Waals surface area contributed by atoms with E-state index in [2.05, 4.69) is 42.2 Å². The topological polar surface area (TPSA) is 66.6 Å². The summed E-state index contributed by atoms with van der Waals surface area (Å²) in [6, 6.07) is 10.9. The summed E-state index contributed by atoms with van der Waals surface area (Å²) in [4.78, 5) is 27.9. The molecule has 2 aliphatic heterocycles. The van der Waals surface area contributed by atoms with Crippen LogP contribution >= 0.6 is 0 Å². The number of primary amides is 1. The number of nitrogens with zero attached hydrogens (tertiary/aromatic N) is 2. The molecule has 2 saturated heterocycles. The van der Waals surface area contributed by atoms with Gasteiger partial charge in [0.1, 0.15) is 0 Å². The minimum atomic E-state index is -0.325. The van der Waals surface area contributed by atoms with Crippen molar-refractivity contribution < 1.29 is 9.59 Å². The van der Waals surface area contributed by atoms with Crippen molar-refractivity contribution in [1.29, 1.82) is 0 Å². The number of nitrogens with two attached hydrogens (primary N) is 1. The lowest BCUT2D eigenvalue weighted by atomic mass is 9.68. The molecule has 1 aromatic rings. The van der Waals surface area contributed by atoms with Gasteiger partial charge in [-0.2, -0.15) is 0 Å². The molecule has 2 aliphatic rings. The molecule has 0 saturated carbocycles. The second-order valence-electron chi connectivity index (χ2n) is 8.34. The molecule has 0 radical (unpaired) electrons. The standard InChI is InChI=1S/C22H33N3O2/c1-2-24-16-19(18-7-4-3-5-8-18)15-22(17-24)11-13-25(14-12-22)21(27)10-6-9-20(23)26/h3-5,7-8,19H,2,6,9-17H2,1H3,(H2,23,26). The fraction of sp³-hybridized carbons (Fsp3) is 0.636. The first-order valence-corrected chi connectivity index (χ1v) is 10.3. The van der Waals surface area contributed by atoms with Gasteiger partial charge in [-0.1, -0.05) is 37.3 Å². The molecule has 3 rings (SSSR count). The summed E-state index contributed by atoms with van der Waals surface area (Å²) >= 11 is 0. The molecule has 0 bridgehead atoms. The summed E-state index contributed by atoms with van der Waals surface area (Å²) in [6.45, 7) is 7.30. The number of amides is 2. The van der Waals surface area contributed by atoms with Crippen molar-refractivity contribution >= 4 is 11.8 Å². The first-order valence-electron chi connectivity index (χ1n) is 10.3. The maximum absolute atomic E-state index is 12.4. The molecule has 5 heteroatoms. The van der Waals surface area contributed by atoms with Crippen LogP contribution in [-0.2, 0) is 9.59 Å². The monoisotopic (exact) mass is 371 g/mol. The number of rotatable bonds is 6. The Bertz CT molecular complexity index is 638. The van der Waals surface area contributed by atoms with E-state index in [4.69, 9.17) is 5.73 Å². The molecule has 1 aromatic carbocycles. The molecule has 0 aromatic heterocycles. The number of hydrogen-bond donors (Lipinski definition) is 1. The van der Waals surface area contributed by atoms with E-state index in [-0.39, 0.29) is 11.8 Å². The normalized spacial score (nSPS) is 22.7. The molecule has 2 heterocycles. The minimum Gasteiger partial charge on any atom is -0.370 e. The van der Waals surface area contributed by atoms with E-state index >= 15 is 0 Å². The summed E-state index contributed by atoms with van der Waals surface area (Å²) in [6.07, 6.45) is 4.67. The second-order valence-corrected chi connectivity index (χ2v) is 8.34. The molecule has 2 fully saturated rings. The number of likely N-dealkylation sites (tertiary alicyclic amines) is 2. The highest BCUT2D eigenvalue weighted by Crippen LogP contribution is 2.45. The Morgan fingerprint density at radius 1 is 1.15 bits per heavy atom. The van der Waals surface area contributed by atoms with Crippen molar-refractivity contribution in [3.63, 3.8) is 0 Å². The second kappa shape index (κ2) is 8.87. The fourth-order valence-corrected chi connectivity index (χ4v) is 4.86. The van der Waals surface area contributed by atoms with Crippen LogP contribution in [0.2, 0.25) is 0 Å². The van der Waals surface area contributed by atoms with Gasteiger partial charge in [-0.3, -0.25) is 9.59 Å². The van der Waals surface area contributed by atoms with Crippen molar-refractivity contribution in [2.75, 3.05) is 32.7 Å². The van der Waals surface area contributed by atoms with E-state index in [1.807, 2.05) is 4.90 Å². The van der Waals surface area contributed by atoms with Gasteiger partial charge < -0.3 is 15.5 Å².